The first-order chi connectivity index (χ1) is 8.92. The minimum Gasteiger partial charge on any atom is -0.445 e. The largest absolute Gasteiger partial charge is 0.445 e. The van der Waals surface area contributed by atoms with Crippen molar-refractivity contribution in [3.63, 3.8) is 0 Å². The molecule has 0 aromatic carbocycles. The Kier molecular flexibility index (Phi) is 4.41. The molecule has 0 radical (unpaired) electrons. The molecular weight excluding hydrogens is 354 g/mol. The molecule has 0 atom stereocenters. The Bertz CT molecular complexity index is 678. The molecule has 0 spiro atoms. The van der Waals surface area contributed by atoms with Gasteiger partial charge in [-0.15, -0.1) is 11.3 Å². The Balaban J connectivity index is 2.15. The summed E-state index contributed by atoms with van der Waals surface area (Å²) in [7, 11) is -3.61. The molecular formula is C10H12BrN3O3S2. The molecule has 19 heavy (non-hydrogen) atoms. The van der Waals surface area contributed by atoms with E-state index in [-0.39, 0.29) is 11.4 Å². The Morgan fingerprint density at radius 3 is 2.84 bits per heavy atom. The highest BCUT2D eigenvalue weighted by molar-refractivity contribution is 9.11. The predicted molar refractivity (Wildman–Crippen MR) is 75.2 cm³/mol. The molecule has 3 N–H and O–H groups in total. The number of nitrogens with zero attached hydrogens (tertiary/aromatic N) is 1. The van der Waals surface area contributed by atoms with Gasteiger partial charge in [0.25, 0.3) is 0 Å². The van der Waals surface area contributed by atoms with Gasteiger partial charge in [-0.05, 0) is 28.9 Å². The van der Waals surface area contributed by atoms with E-state index in [4.69, 9.17) is 10.2 Å². The van der Waals surface area contributed by atoms with Crippen molar-refractivity contribution in [1.82, 2.24) is 9.71 Å². The molecule has 0 aliphatic rings. The molecule has 2 rings (SSSR count). The molecule has 0 saturated carbocycles. The molecule has 0 bridgehead atoms. The number of rotatable bonds is 5. The fourth-order valence-electron chi connectivity index (χ4n) is 1.40. The summed E-state index contributed by atoms with van der Waals surface area (Å²) >= 11 is 4.53. The number of aromatic nitrogens is 1. The van der Waals surface area contributed by atoms with Gasteiger partial charge in [0.05, 0.1) is 16.5 Å². The lowest BCUT2D eigenvalue weighted by atomic mass is 10.5. The first-order valence-electron chi connectivity index (χ1n) is 5.31. The number of sulfonamides is 1. The van der Waals surface area contributed by atoms with Crippen molar-refractivity contribution in [3.05, 3.63) is 32.6 Å². The lowest BCUT2D eigenvalue weighted by Gasteiger charge is -2.03. The van der Waals surface area contributed by atoms with E-state index in [0.717, 1.165) is 4.88 Å². The Hall–Kier alpha value is -0.740. The molecule has 2 aromatic heterocycles. The molecule has 0 saturated heterocycles. The van der Waals surface area contributed by atoms with Gasteiger partial charge >= 0.3 is 0 Å². The topological polar surface area (TPSA) is 98.2 Å². The van der Waals surface area contributed by atoms with E-state index in [9.17, 15) is 8.42 Å². The molecule has 2 aromatic rings. The number of oxazole rings is 1. The minimum atomic E-state index is -3.61. The van der Waals surface area contributed by atoms with Gasteiger partial charge < -0.3 is 10.2 Å². The summed E-state index contributed by atoms with van der Waals surface area (Å²) in [6, 6.07) is 1.55. The molecule has 6 nitrogen and oxygen atoms in total. The van der Waals surface area contributed by atoms with Crippen LogP contribution in [0.5, 0.6) is 0 Å². The summed E-state index contributed by atoms with van der Waals surface area (Å²) in [5, 5.41) is 0. The summed E-state index contributed by atoms with van der Waals surface area (Å²) in [4.78, 5) is 4.91. The van der Waals surface area contributed by atoms with Crippen LogP contribution in [-0.4, -0.2) is 13.4 Å². The number of thiophene rings is 1. The molecule has 0 amide bonds. The second-order valence-corrected chi connectivity index (χ2v) is 7.93. The smallest absolute Gasteiger partial charge is 0.243 e. The molecule has 104 valence electrons. The minimum absolute atomic E-state index is 0.0103. The summed E-state index contributed by atoms with van der Waals surface area (Å²) in [5.41, 5.74) is 5.49. The lowest BCUT2D eigenvalue weighted by Crippen LogP contribution is -2.23. The Morgan fingerprint density at radius 2 is 2.32 bits per heavy atom. The van der Waals surface area contributed by atoms with E-state index >= 15 is 0 Å². The van der Waals surface area contributed by atoms with E-state index in [1.807, 2.05) is 0 Å². The van der Waals surface area contributed by atoms with Crippen LogP contribution in [0, 0.1) is 6.92 Å². The summed E-state index contributed by atoms with van der Waals surface area (Å²) in [6.45, 7) is 2.06. The maximum Gasteiger partial charge on any atom is 0.243 e. The number of nitrogens with one attached hydrogen (secondary N) is 1. The van der Waals surface area contributed by atoms with Gasteiger partial charge in [-0.1, -0.05) is 0 Å². The first kappa shape index (κ1) is 14.7. The third-order valence-electron chi connectivity index (χ3n) is 2.28. The van der Waals surface area contributed by atoms with Gasteiger partial charge in [-0.2, -0.15) is 0 Å². The van der Waals surface area contributed by atoms with Gasteiger partial charge in [0.2, 0.25) is 15.9 Å². The van der Waals surface area contributed by atoms with Gasteiger partial charge in [0.15, 0.2) is 0 Å². The molecule has 0 aliphatic carbocycles. The SMILES string of the molecule is Cc1cnc(CNS(=O)(=O)c2cc(CN)sc2Br)o1. The zero-order valence-electron chi connectivity index (χ0n) is 10.0. The standard InChI is InChI=1S/C10H12BrN3O3S2/c1-6-4-13-9(17-6)5-14-19(15,16)8-2-7(3-12)18-10(8)11/h2,4,14H,3,5,12H2,1H3. The molecule has 0 fully saturated rings. The number of halogens is 1. The van der Waals surface area contributed by atoms with Gasteiger partial charge in [0, 0.05) is 11.4 Å². The third-order valence-corrected chi connectivity index (χ3v) is 5.96. The monoisotopic (exact) mass is 365 g/mol. The average molecular weight is 366 g/mol. The predicted octanol–water partition coefficient (Wildman–Crippen LogP) is 1.74. The van der Waals surface area contributed by atoms with Gasteiger partial charge in [-0.3, -0.25) is 0 Å². The van der Waals surface area contributed by atoms with Gasteiger partial charge in [0.1, 0.15) is 10.7 Å². The lowest BCUT2D eigenvalue weighted by molar-refractivity contribution is 0.463. The second kappa shape index (κ2) is 5.71. The quantitative estimate of drug-likeness (QED) is 0.840. The Morgan fingerprint density at radius 1 is 1.58 bits per heavy atom. The van der Waals surface area contributed by atoms with E-state index in [0.29, 0.717) is 22.0 Å². The number of aryl methyl sites for hydroxylation is 1. The normalized spacial score (nSPS) is 11.9. The highest BCUT2D eigenvalue weighted by Crippen LogP contribution is 2.31. The maximum atomic E-state index is 12.1. The van der Waals surface area contributed by atoms with E-state index in [2.05, 4.69) is 25.6 Å². The van der Waals surface area contributed by atoms with Gasteiger partial charge in [-0.25, -0.2) is 18.1 Å². The summed E-state index contributed by atoms with van der Waals surface area (Å²) in [5.74, 6) is 0.961. The van der Waals surface area contributed by atoms with Crippen molar-refractivity contribution < 1.29 is 12.8 Å². The van der Waals surface area contributed by atoms with Crippen LogP contribution >= 0.6 is 27.3 Å². The van der Waals surface area contributed by atoms with Crippen LogP contribution in [0.25, 0.3) is 0 Å². The average Bonchev–Trinajstić information content (AvgIpc) is 2.93. The highest BCUT2D eigenvalue weighted by atomic mass is 79.9. The van der Waals surface area contributed by atoms with Crippen molar-refractivity contribution in [2.75, 3.05) is 0 Å². The van der Waals surface area contributed by atoms with Crippen LogP contribution in [0.4, 0.5) is 0 Å². The molecule has 0 aliphatic heterocycles. The Labute approximate surface area is 123 Å². The fourth-order valence-corrected chi connectivity index (χ4v) is 4.93. The van der Waals surface area contributed by atoms with Crippen LogP contribution in [0.15, 0.2) is 25.4 Å². The zero-order chi connectivity index (χ0) is 14.0. The molecule has 9 heteroatoms. The van der Waals surface area contributed by atoms with E-state index in [1.54, 1.807) is 13.0 Å². The number of nitrogens with two attached hydrogens (primary N) is 1. The van der Waals surface area contributed by atoms with Crippen molar-refractivity contribution in [3.8, 4) is 0 Å². The van der Waals surface area contributed by atoms with Crippen LogP contribution in [0.3, 0.4) is 0 Å². The maximum absolute atomic E-state index is 12.1. The van der Waals surface area contributed by atoms with Crippen molar-refractivity contribution >= 4 is 37.3 Å². The highest BCUT2D eigenvalue weighted by Gasteiger charge is 2.21. The van der Waals surface area contributed by atoms with Crippen molar-refractivity contribution in [2.45, 2.75) is 24.9 Å². The second-order valence-electron chi connectivity index (χ2n) is 3.74. The van der Waals surface area contributed by atoms with Crippen LogP contribution in [0.2, 0.25) is 0 Å². The van der Waals surface area contributed by atoms with Crippen LogP contribution in [0.1, 0.15) is 16.5 Å². The van der Waals surface area contributed by atoms with Crippen molar-refractivity contribution in [2.24, 2.45) is 5.73 Å². The number of hydrogen-bond acceptors (Lipinski definition) is 6. The number of hydrogen-bond donors (Lipinski definition) is 2. The van der Waals surface area contributed by atoms with E-state index < -0.39 is 10.0 Å². The summed E-state index contributed by atoms with van der Waals surface area (Å²) in [6.07, 6.45) is 1.54. The third kappa shape index (κ3) is 3.42. The fraction of sp³-hybridized carbons (Fsp3) is 0.300. The van der Waals surface area contributed by atoms with Crippen LogP contribution < -0.4 is 10.5 Å². The summed E-state index contributed by atoms with van der Waals surface area (Å²) < 4.78 is 32.4. The van der Waals surface area contributed by atoms with Crippen molar-refractivity contribution in [1.29, 1.82) is 0 Å². The molecule has 0 unspecified atom stereocenters. The van der Waals surface area contributed by atoms with E-state index in [1.165, 1.54) is 17.5 Å². The first-order valence-corrected chi connectivity index (χ1v) is 8.41. The molecule has 2 heterocycles. The zero-order valence-corrected chi connectivity index (χ0v) is 13.2. The van der Waals surface area contributed by atoms with Crippen LogP contribution in [-0.2, 0) is 23.1 Å².